The molecule has 3 nitrogen and oxygen atoms in total. The Morgan fingerprint density at radius 3 is 2.53 bits per heavy atom. The molecule has 2 N–H and O–H groups in total. The van der Waals surface area contributed by atoms with Crippen LogP contribution in [0.3, 0.4) is 0 Å². The third kappa shape index (κ3) is 2.18. The minimum absolute atomic E-state index is 0.0391. The molecule has 0 aromatic heterocycles. The number of benzene rings is 1. The lowest BCUT2D eigenvalue weighted by molar-refractivity contribution is -0.119. The average Bonchev–Trinajstić information content (AvgIpc) is 3.08. The molecule has 0 radical (unpaired) electrons. The lowest BCUT2D eigenvalue weighted by atomic mass is 10.1. The van der Waals surface area contributed by atoms with E-state index in [2.05, 4.69) is 22.8 Å². The smallest absolute Gasteiger partial charge is 0.233 e. The zero-order chi connectivity index (χ0) is 10.7. The number of likely N-dealkylation sites (N-methyl/N-ethyl adjacent to an activating group) is 1. The monoisotopic (exact) mass is 204 g/mol. The Bertz CT molecular complexity index is 344. The number of carbonyl (C=O) groups is 1. The topological polar surface area (TPSA) is 41.1 Å². The number of nitrogens with one attached hydrogen (secondary N) is 2. The van der Waals surface area contributed by atoms with Crippen LogP contribution < -0.4 is 10.6 Å². The highest BCUT2D eigenvalue weighted by Gasteiger charge is 2.43. The minimum atomic E-state index is 0.0391. The summed E-state index contributed by atoms with van der Waals surface area (Å²) in [6.45, 7) is 0.394. The summed E-state index contributed by atoms with van der Waals surface area (Å²) in [4.78, 5) is 11.1. The second kappa shape index (κ2) is 4.03. The highest BCUT2D eigenvalue weighted by molar-refractivity contribution is 5.77. The maximum absolute atomic E-state index is 11.1. The first kappa shape index (κ1) is 10.2. The molecule has 1 amide bonds. The van der Waals surface area contributed by atoms with E-state index in [9.17, 15) is 4.79 Å². The summed E-state index contributed by atoms with van der Waals surface area (Å²) in [7, 11) is 1.66. The molecule has 1 aliphatic rings. The summed E-state index contributed by atoms with van der Waals surface area (Å²) in [6.07, 6.45) is 2.24. The van der Waals surface area contributed by atoms with Gasteiger partial charge in [-0.3, -0.25) is 10.1 Å². The summed E-state index contributed by atoms with van der Waals surface area (Å²) >= 11 is 0. The number of hydrogen-bond donors (Lipinski definition) is 2. The van der Waals surface area contributed by atoms with Crippen molar-refractivity contribution in [2.75, 3.05) is 13.6 Å². The van der Waals surface area contributed by atoms with Crippen LogP contribution in [-0.2, 0) is 10.3 Å². The molecule has 80 valence electrons. The van der Waals surface area contributed by atoms with Gasteiger partial charge >= 0.3 is 0 Å². The summed E-state index contributed by atoms with van der Waals surface area (Å²) in [5, 5.41) is 5.94. The molecule has 0 bridgehead atoms. The number of amides is 1. The van der Waals surface area contributed by atoms with Crippen molar-refractivity contribution in [2.24, 2.45) is 0 Å². The van der Waals surface area contributed by atoms with E-state index in [1.165, 1.54) is 5.56 Å². The van der Waals surface area contributed by atoms with Gasteiger partial charge in [-0.15, -0.1) is 0 Å². The molecule has 2 rings (SSSR count). The Morgan fingerprint density at radius 1 is 1.33 bits per heavy atom. The fourth-order valence-electron chi connectivity index (χ4n) is 1.79. The van der Waals surface area contributed by atoms with Crippen molar-refractivity contribution >= 4 is 5.91 Å². The molecule has 0 aliphatic heterocycles. The normalized spacial score (nSPS) is 17.1. The van der Waals surface area contributed by atoms with Gasteiger partial charge in [0.25, 0.3) is 0 Å². The molecule has 15 heavy (non-hydrogen) atoms. The molecular formula is C12H16N2O. The van der Waals surface area contributed by atoms with Gasteiger partial charge in [0.1, 0.15) is 0 Å². The molecular weight excluding hydrogens is 188 g/mol. The van der Waals surface area contributed by atoms with Crippen LogP contribution in [0.2, 0.25) is 0 Å². The van der Waals surface area contributed by atoms with E-state index in [-0.39, 0.29) is 11.4 Å². The van der Waals surface area contributed by atoms with Crippen LogP contribution in [-0.4, -0.2) is 19.5 Å². The first-order chi connectivity index (χ1) is 7.27. The molecule has 0 heterocycles. The van der Waals surface area contributed by atoms with E-state index in [4.69, 9.17) is 0 Å². The summed E-state index contributed by atoms with van der Waals surface area (Å²) < 4.78 is 0. The maximum Gasteiger partial charge on any atom is 0.233 e. The van der Waals surface area contributed by atoms with Crippen LogP contribution in [0.4, 0.5) is 0 Å². The van der Waals surface area contributed by atoms with Gasteiger partial charge in [0.05, 0.1) is 6.54 Å². The Labute approximate surface area is 89.9 Å². The fourth-order valence-corrected chi connectivity index (χ4v) is 1.79. The second-order valence-corrected chi connectivity index (χ2v) is 3.97. The van der Waals surface area contributed by atoms with Crippen molar-refractivity contribution in [1.82, 2.24) is 10.6 Å². The number of carbonyl (C=O) groups excluding carboxylic acids is 1. The van der Waals surface area contributed by atoms with Crippen LogP contribution in [0.5, 0.6) is 0 Å². The van der Waals surface area contributed by atoms with Crippen molar-refractivity contribution in [3.63, 3.8) is 0 Å². The maximum atomic E-state index is 11.1. The molecule has 3 heteroatoms. The number of rotatable bonds is 4. The van der Waals surface area contributed by atoms with Crippen LogP contribution in [0.1, 0.15) is 18.4 Å². The van der Waals surface area contributed by atoms with Gasteiger partial charge < -0.3 is 5.32 Å². The van der Waals surface area contributed by atoms with Crippen LogP contribution in [0.25, 0.3) is 0 Å². The zero-order valence-corrected chi connectivity index (χ0v) is 8.92. The van der Waals surface area contributed by atoms with Crippen LogP contribution in [0.15, 0.2) is 30.3 Å². The molecule has 0 saturated heterocycles. The molecule has 1 aliphatic carbocycles. The van der Waals surface area contributed by atoms with Gasteiger partial charge in [0.2, 0.25) is 5.91 Å². The Morgan fingerprint density at radius 2 is 2.00 bits per heavy atom. The van der Waals surface area contributed by atoms with Crippen molar-refractivity contribution in [3.05, 3.63) is 35.9 Å². The summed E-state index contributed by atoms with van der Waals surface area (Å²) in [6, 6.07) is 10.3. The first-order valence-electron chi connectivity index (χ1n) is 5.28. The van der Waals surface area contributed by atoms with E-state index in [1.54, 1.807) is 7.05 Å². The van der Waals surface area contributed by atoms with E-state index in [0.717, 1.165) is 12.8 Å². The summed E-state index contributed by atoms with van der Waals surface area (Å²) in [5.74, 6) is 0.0391. The average molecular weight is 204 g/mol. The van der Waals surface area contributed by atoms with Crippen LogP contribution in [0, 0.1) is 0 Å². The van der Waals surface area contributed by atoms with Gasteiger partial charge in [-0.1, -0.05) is 30.3 Å². The van der Waals surface area contributed by atoms with E-state index >= 15 is 0 Å². The molecule has 0 unspecified atom stereocenters. The lowest BCUT2D eigenvalue weighted by Crippen LogP contribution is -2.37. The van der Waals surface area contributed by atoms with Gasteiger partial charge in [-0.2, -0.15) is 0 Å². The van der Waals surface area contributed by atoms with E-state index in [1.807, 2.05) is 18.2 Å². The minimum Gasteiger partial charge on any atom is -0.358 e. The molecule has 0 spiro atoms. The van der Waals surface area contributed by atoms with Crippen LogP contribution >= 0.6 is 0 Å². The van der Waals surface area contributed by atoms with Crippen molar-refractivity contribution in [3.8, 4) is 0 Å². The largest absolute Gasteiger partial charge is 0.358 e. The second-order valence-electron chi connectivity index (χ2n) is 3.97. The fraction of sp³-hybridized carbons (Fsp3) is 0.417. The van der Waals surface area contributed by atoms with Crippen molar-refractivity contribution < 1.29 is 4.79 Å². The van der Waals surface area contributed by atoms with Crippen molar-refractivity contribution in [1.29, 1.82) is 0 Å². The molecule has 1 aromatic carbocycles. The third-order valence-corrected chi connectivity index (χ3v) is 2.94. The molecule has 1 aromatic rings. The van der Waals surface area contributed by atoms with Crippen molar-refractivity contribution in [2.45, 2.75) is 18.4 Å². The highest BCUT2D eigenvalue weighted by atomic mass is 16.1. The SMILES string of the molecule is CNC(=O)CNC1(c2ccccc2)CC1. The Balaban J connectivity index is 2.00. The Kier molecular flexibility index (Phi) is 2.73. The van der Waals surface area contributed by atoms with Gasteiger partial charge in [-0.25, -0.2) is 0 Å². The first-order valence-corrected chi connectivity index (χ1v) is 5.28. The molecule has 1 fully saturated rings. The van der Waals surface area contributed by atoms with Gasteiger partial charge in [-0.05, 0) is 18.4 Å². The molecule has 1 saturated carbocycles. The van der Waals surface area contributed by atoms with E-state index in [0.29, 0.717) is 6.54 Å². The predicted molar refractivity (Wildman–Crippen MR) is 59.4 cm³/mol. The summed E-state index contributed by atoms with van der Waals surface area (Å²) in [5.41, 5.74) is 1.35. The van der Waals surface area contributed by atoms with Gasteiger partial charge in [0, 0.05) is 12.6 Å². The highest BCUT2D eigenvalue weighted by Crippen LogP contribution is 2.45. The predicted octanol–water partition coefficient (Wildman–Crippen LogP) is 1.01. The Hall–Kier alpha value is -1.35. The molecule has 0 atom stereocenters. The standard InChI is InChI=1S/C12H16N2O/c1-13-11(15)9-14-12(7-8-12)10-5-3-2-4-6-10/h2-6,14H,7-9H2,1H3,(H,13,15). The van der Waals surface area contributed by atoms with E-state index < -0.39 is 0 Å². The lowest BCUT2D eigenvalue weighted by Gasteiger charge is -2.17. The zero-order valence-electron chi connectivity index (χ0n) is 8.92. The van der Waals surface area contributed by atoms with Gasteiger partial charge in [0.15, 0.2) is 0 Å². The quantitative estimate of drug-likeness (QED) is 0.768. The third-order valence-electron chi connectivity index (χ3n) is 2.94. The number of hydrogen-bond acceptors (Lipinski definition) is 2.